The van der Waals surface area contributed by atoms with Gasteiger partial charge in [0.25, 0.3) is 0 Å². The van der Waals surface area contributed by atoms with Gasteiger partial charge in [0.1, 0.15) is 6.10 Å². The summed E-state index contributed by atoms with van der Waals surface area (Å²) in [4.78, 5) is 12.1. The average Bonchev–Trinajstić information content (AvgIpc) is 2.97. The Morgan fingerprint density at radius 2 is 1.86 bits per heavy atom. The quantitative estimate of drug-likeness (QED) is 0.693. The molecule has 0 aromatic heterocycles. The second-order valence-corrected chi connectivity index (χ2v) is 5.21. The van der Waals surface area contributed by atoms with Crippen LogP contribution in [-0.2, 0) is 4.74 Å². The van der Waals surface area contributed by atoms with Crippen LogP contribution in [0, 0.1) is 0 Å². The zero-order valence-electron chi connectivity index (χ0n) is 11.3. The van der Waals surface area contributed by atoms with Gasteiger partial charge in [0, 0.05) is 16.7 Å². The normalized spacial score (nSPS) is 19.1. The number of allylic oxidation sites excluding steroid dienone is 1. The Bertz CT molecular complexity index is 665. The van der Waals surface area contributed by atoms with E-state index in [0.717, 1.165) is 5.56 Å². The van der Waals surface area contributed by atoms with Crippen molar-refractivity contribution in [3.05, 3.63) is 82.7 Å². The lowest BCUT2D eigenvalue weighted by atomic mass is 10.1. The van der Waals surface area contributed by atoms with Crippen LogP contribution < -0.4 is 5.32 Å². The summed E-state index contributed by atoms with van der Waals surface area (Å²) in [7, 11) is 0. The second-order valence-electron chi connectivity index (χ2n) is 4.78. The van der Waals surface area contributed by atoms with Crippen molar-refractivity contribution in [2.24, 2.45) is 0 Å². The van der Waals surface area contributed by atoms with Crippen LogP contribution in [0.1, 0.15) is 22.0 Å². The number of ketones is 1. The Hall–Kier alpha value is -2.26. The van der Waals surface area contributed by atoms with Gasteiger partial charge in [0.15, 0.2) is 11.7 Å². The van der Waals surface area contributed by atoms with Crippen LogP contribution in [0.25, 0.3) is 0 Å². The number of halogens is 1. The van der Waals surface area contributed by atoms with Crippen LogP contribution in [0.2, 0.25) is 5.02 Å². The molecule has 3 nitrogen and oxygen atoms in total. The van der Waals surface area contributed by atoms with Crippen molar-refractivity contribution in [2.75, 3.05) is 6.54 Å². The first-order valence-corrected chi connectivity index (χ1v) is 7.07. The number of hydrogen-bond donors (Lipinski definition) is 1. The predicted octanol–water partition coefficient (Wildman–Crippen LogP) is 3.73. The second kappa shape index (κ2) is 6.02. The molecule has 1 aliphatic heterocycles. The molecule has 2 aromatic carbocycles. The zero-order valence-corrected chi connectivity index (χ0v) is 12.0. The minimum Gasteiger partial charge on any atom is -0.469 e. The fraction of sp³-hybridized carbons (Fsp3) is 0.118. The van der Waals surface area contributed by atoms with Crippen molar-refractivity contribution in [3.63, 3.8) is 0 Å². The molecule has 3 rings (SSSR count). The molecule has 106 valence electrons. The number of carbonyl (C=O) groups is 1. The van der Waals surface area contributed by atoms with Crippen molar-refractivity contribution >= 4 is 17.4 Å². The molecule has 1 saturated heterocycles. The molecule has 0 amide bonds. The molecule has 21 heavy (non-hydrogen) atoms. The summed E-state index contributed by atoms with van der Waals surface area (Å²) in [6.07, 6.45) is 1.42. The SMILES string of the molecule is O=C(/C=C1/NC[C@@H](c2ccccc2)O1)c1ccc(Cl)cc1. The average molecular weight is 300 g/mol. The van der Waals surface area contributed by atoms with E-state index in [1.54, 1.807) is 24.3 Å². The number of rotatable bonds is 3. The molecule has 0 radical (unpaired) electrons. The Morgan fingerprint density at radius 3 is 2.57 bits per heavy atom. The molecule has 0 spiro atoms. The van der Waals surface area contributed by atoms with Gasteiger partial charge in [-0.2, -0.15) is 0 Å². The molecule has 1 fully saturated rings. The lowest BCUT2D eigenvalue weighted by molar-refractivity contribution is 0.103. The Kier molecular flexibility index (Phi) is 3.93. The first-order chi connectivity index (χ1) is 10.2. The van der Waals surface area contributed by atoms with Gasteiger partial charge in [0.2, 0.25) is 0 Å². The van der Waals surface area contributed by atoms with Crippen LogP contribution in [0.5, 0.6) is 0 Å². The fourth-order valence-corrected chi connectivity index (χ4v) is 2.31. The summed E-state index contributed by atoms with van der Waals surface area (Å²) in [5.74, 6) is 0.395. The number of hydrogen-bond acceptors (Lipinski definition) is 3. The van der Waals surface area contributed by atoms with Crippen molar-refractivity contribution in [2.45, 2.75) is 6.10 Å². The van der Waals surface area contributed by atoms with E-state index in [9.17, 15) is 4.79 Å². The molecule has 0 saturated carbocycles. The Morgan fingerprint density at radius 1 is 1.14 bits per heavy atom. The Balaban J connectivity index is 1.71. The number of carbonyl (C=O) groups excluding carboxylic acids is 1. The summed E-state index contributed by atoms with van der Waals surface area (Å²) < 4.78 is 5.77. The molecule has 1 aliphatic rings. The van der Waals surface area contributed by atoms with Crippen LogP contribution >= 0.6 is 11.6 Å². The first-order valence-electron chi connectivity index (χ1n) is 6.69. The molecule has 1 N–H and O–H groups in total. The van der Waals surface area contributed by atoms with Gasteiger partial charge in [0.05, 0.1) is 6.54 Å². The van der Waals surface area contributed by atoms with E-state index < -0.39 is 0 Å². The molecule has 0 aliphatic carbocycles. The third-order valence-electron chi connectivity index (χ3n) is 3.29. The first kappa shape index (κ1) is 13.7. The molecular formula is C17H14ClNO2. The van der Waals surface area contributed by atoms with E-state index in [0.29, 0.717) is 23.0 Å². The summed E-state index contributed by atoms with van der Waals surface area (Å²) in [6.45, 7) is 0.656. The lowest BCUT2D eigenvalue weighted by Gasteiger charge is -2.08. The van der Waals surface area contributed by atoms with E-state index in [4.69, 9.17) is 16.3 Å². The van der Waals surface area contributed by atoms with E-state index >= 15 is 0 Å². The third-order valence-corrected chi connectivity index (χ3v) is 3.55. The minimum absolute atomic E-state index is 0.0598. The van der Waals surface area contributed by atoms with Gasteiger partial charge in [-0.1, -0.05) is 41.9 Å². The minimum atomic E-state index is -0.108. The lowest BCUT2D eigenvalue weighted by Crippen LogP contribution is -2.08. The monoisotopic (exact) mass is 299 g/mol. The highest BCUT2D eigenvalue weighted by Gasteiger charge is 2.22. The predicted molar refractivity (Wildman–Crippen MR) is 82.1 cm³/mol. The Labute approximate surface area is 128 Å². The molecule has 0 unspecified atom stereocenters. The highest BCUT2D eigenvalue weighted by atomic mass is 35.5. The van der Waals surface area contributed by atoms with Crippen LogP contribution in [0.15, 0.2) is 66.6 Å². The molecule has 0 bridgehead atoms. The van der Waals surface area contributed by atoms with Crippen molar-refractivity contribution in [1.29, 1.82) is 0 Å². The summed E-state index contributed by atoms with van der Waals surface area (Å²) in [5.41, 5.74) is 1.67. The number of nitrogens with one attached hydrogen (secondary N) is 1. The van der Waals surface area contributed by atoms with Crippen LogP contribution in [-0.4, -0.2) is 12.3 Å². The summed E-state index contributed by atoms with van der Waals surface area (Å²) in [5, 5.41) is 3.72. The highest BCUT2D eigenvalue weighted by molar-refractivity contribution is 6.30. The molecular weight excluding hydrogens is 286 g/mol. The smallest absolute Gasteiger partial charge is 0.191 e. The van der Waals surface area contributed by atoms with Gasteiger partial charge < -0.3 is 10.1 Å². The van der Waals surface area contributed by atoms with E-state index in [-0.39, 0.29) is 11.9 Å². The zero-order chi connectivity index (χ0) is 14.7. The van der Waals surface area contributed by atoms with Gasteiger partial charge >= 0.3 is 0 Å². The number of ether oxygens (including phenoxy) is 1. The maximum Gasteiger partial charge on any atom is 0.191 e. The maximum absolute atomic E-state index is 12.1. The third kappa shape index (κ3) is 3.26. The standard InChI is InChI=1S/C17H14ClNO2/c18-14-8-6-12(7-9-14)15(20)10-17-19-11-16(21-17)13-4-2-1-3-5-13/h1-10,16,19H,11H2/b17-10-/t16-/m0/s1. The molecule has 4 heteroatoms. The summed E-state index contributed by atoms with van der Waals surface area (Å²) >= 11 is 5.81. The maximum atomic E-state index is 12.1. The topological polar surface area (TPSA) is 38.3 Å². The van der Waals surface area contributed by atoms with Gasteiger partial charge in [-0.05, 0) is 29.8 Å². The van der Waals surface area contributed by atoms with Crippen LogP contribution in [0.3, 0.4) is 0 Å². The van der Waals surface area contributed by atoms with E-state index in [2.05, 4.69) is 5.32 Å². The largest absolute Gasteiger partial charge is 0.469 e. The van der Waals surface area contributed by atoms with Crippen molar-refractivity contribution in [3.8, 4) is 0 Å². The van der Waals surface area contributed by atoms with Crippen LogP contribution in [0.4, 0.5) is 0 Å². The molecule has 2 aromatic rings. The highest BCUT2D eigenvalue weighted by Crippen LogP contribution is 2.24. The molecule has 1 heterocycles. The van der Waals surface area contributed by atoms with Gasteiger partial charge in [-0.25, -0.2) is 0 Å². The van der Waals surface area contributed by atoms with Crippen molar-refractivity contribution < 1.29 is 9.53 Å². The van der Waals surface area contributed by atoms with Gasteiger partial charge in [-0.15, -0.1) is 0 Å². The summed E-state index contributed by atoms with van der Waals surface area (Å²) in [6, 6.07) is 16.7. The fourth-order valence-electron chi connectivity index (χ4n) is 2.19. The van der Waals surface area contributed by atoms with E-state index in [1.807, 2.05) is 30.3 Å². The molecule has 1 atom stereocenters. The van der Waals surface area contributed by atoms with Crippen molar-refractivity contribution in [1.82, 2.24) is 5.32 Å². The van der Waals surface area contributed by atoms with Gasteiger partial charge in [-0.3, -0.25) is 4.79 Å². The number of benzene rings is 2. The van der Waals surface area contributed by atoms with E-state index in [1.165, 1.54) is 6.08 Å².